The molecule has 11 heteroatoms. The second-order valence-electron chi connectivity index (χ2n) is 7.00. The summed E-state index contributed by atoms with van der Waals surface area (Å²) in [5.41, 5.74) is -0.967. The summed E-state index contributed by atoms with van der Waals surface area (Å²) in [7, 11) is -4.52. The zero-order chi connectivity index (χ0) is 22.1. The highest BCUT2D eigenvalue weighted by Crippen LogP contribution is 2.21. The molecule has 0 spiro atoms. The van der Waals surface area contributed by atoms with Gasteiger partial charge in [-0.3, -0.25) is 9.69 Å². The highest BCUT2D eigenvalue weighted by molar-refractivity contribution is 7.90. The van der Waals surface area contributed by atoms with Crippen molar-refractivity contribution < 1.29 is 27.8 Å². The van der Waals surface area contributed by atoms with Gasteiger partial charge in [0.1, 0.15) is 10.7 Å². The molecule has 1 aliphatic rings. The number of carbonyl (C=O) groups is 1. The number of pyridine rings is 1. The number of piperazine rings is 1. The summed E-state index contributed by atoms with van der Waals surface area (Å²) >= 11 is 0. The minimum atomic E-state index is -4.52. The van der Waals surface area contributed by atoms with E-state index in [-0.39, 0.29) is 24.7 Å². The summed E-state index contributed by atoms with van der Waals surface area (Å²) < 4.78 is 39.5. The lowest BCUT2D eigenvalue weighted by atomic mass is 10.1. The molecule has 0 radical (unpaired) electrons. The molecule has 2 heterocycles. The predicted molar refractivity (Wildman–Crippen MR) is 105 cm³/mol. The summed E-state index contributed by atoms with van der Waals surface area (Å²) in [6.07, 6.45) is 0.603. The maximum atomic E-state index is 13.9. The SMILES string of the molecule is CCC1CN(Cc2ccn(S(=O)(=O)c3ccccc3F)c(=O)c2O)CCN1C(=O)O. The maximum absolute atomic E-state index is 13.9. The molecule has 1 saturated heterocycles. The Hall–Kier alpha value is -2.92. The Morgan fingerprint density at radius 2 is 1.93 bits per heavy atom. The fraction of sp³-hybridized carbons (Fsp3) is 0.368. The molecule has 1 aromatic heterocycles. The van der Waals surface area contributed by atoms with E-state index >= 15 is 0 Å². The van der Waals surface area contributed by atoms with Gasteiger partial charge in [-0.15, -0.1) is 0 Å². The Bertz CT molecular complexity index is 1120. The van der Waals surface area contributed by atoms with E-state index in [4.69, 9.17) is 0 Å². The zero-order valence-electron chi connectivity index (χ0n) is 16.2. The Morgan fingerprint density at radius 1 is 1.23 bits per heavy atom. The fourth-order valence-electron chi connectivity index (χ4n) is 3.53. The molecule has 1 fully saturated rings. The van der Waals surface area contributed by atoms with Crippen LogP contribution in [0.3, 0.4) is 0 Å². The molecule has 0 saturated carbocycles. The van der Waals surface area contributed by atoms with Gasteiger partial charge in [-0.1, -0.05) is 19.1 Å². The summed E-state index contributed by atoms with van der Waals surface area (Å²) in [5.74, 6) is -1.75. The van der Waals surface area contributed by atoms with Gasteiger partial charge in [-0.05, 0) is 24.6 Å². The van der Waals surface area contributed by atoms with Crippen molar-refractivity contribution in [1.29, 1.82) is 0 Å². The third-order valence-corrected chi connectivity index (χ3v) is 6.86. The van der Waals surface area contributed by atoms with E-state index in [2.05, 4.69) is 0 Å². The molecule has 1 unspecified atom stereocenters. The highest BCUT2D eigenvalue weighted by Gasteiger charge is 2.30. The van der Waals surface area contributed by atoms with Crippen molar-refractivity contribution in [2.24, 2.45) is 0 Å². The topological polar surface area (TPSA) is 120 Å². The molecule has 3 rings (SSSR count). The maximum Gasteiger partial charge on any atom is 0.407 e. The molecule has 0 bridgehead atoms. The van der Waals surface area contributed by atoms with Crippen LogP contribution >= 0.6 is 0 Å². The standard InChI is InChI=1S/C19H22FN3O6S/c1-2-14-12-21(9-10-22(14)19(26)27)11-13-7-8-23(18(25)17(13)24)30(28,29)16-6-4-3-5-15(16)20/h3-8,14,24H,2,9-12H2,1H3,(H,26,27). The molecule has 1 amide bonds. The van der Waals surface area contributed by atoms with Gasteiger partial charge in [0.2, 0.25) is 0 Å². The monoisotopic (exact) mass is 439 g/mol. The summed E-state index contributed by atoms with van der Waals surface area (Å²) in [6.45, 7) is 3.12. The van der Waals surface area contributed by atoms with Crippen LogP contribution in [0.5, 0.6) is 5.75 Å². The molecule has 2 aromatic rings. The minimum Gasteiger partial charge on any atom is -0.503 e. The zero-order valence-corrected chi connectivity index (χ0v) is 17.0. The van der Waals surface area contributed by atoms with Crippen molar-refractivity contribution in [3.05, 3.63) is 58.3 Å². The van der Waals surface area contributed by atoms with Crippen LogP contribution in [-0.2, 0) is 16.6 Å². The molecule has 1 aromatic carbocycles. The first kappa shape index (κ1) is 21.8. The molecule has 2 N–H and O–H groups in total. The van der Waals surface area contributed by atoms with Crippen LogP contribution in [0.2, 0.25) is 0 Å². The van der Waals surface area contributed by atoms with Crippen molar-refractivity contribution in [2.75, 3.05) is 19.6 Å². The third kappa shape index (κ3) is 4.03. The molecule has 0 aliphatic carbocycles. The second kappa shape index (κ2) is 8.44. The Balaban J connectivity index is 1.87. The number of rotatable bonds is 5. The lowest BCUT2D eigenvalue weighted by molar-refractivity contribution is 0.0626. The van der Waals surface area contributed by atoms with Crippen LogP contribution in [-0.4, -0.2) is 64.2 Å². The van der Waals surface area contributed by atoms with E-state index in [1.807, 2.05) is 11.8 Å². The van der Waals surface area contributed by atoms with Gasteiger partial charge in [0.25, 0.3) is 10.0 Å². The van der Waals surface area contributed by atoms with E-state index < -0.39 is 38.1 Å². The van der Waals surface area contributed by atoms with E-state index in [0.717, 1.165) is 18.3 Å². The van der Waals surface area contributed by atoms with Gasteiger partial charge in [-0.25, -0.2) is 21.6 Å². The van der Waals surface area contributed by atoms with Gasteiger partial charge in [0, 0.05) is 44.0 Å². The summed E-state index contributed by atoms with van der Waals surface area (Å²) in [5, 5.41) is 19.6. The molecule has 1 atom stereocenters. The number of aromatic nitrogens is 1. The average Bonchev–Trinajstić information content (AvgIpc) is 2.71. The van der Waals surface area contributed by atoms with Crippen LogP contribution in [0.1, 0.15) is 18.9 Å². The minimum absolute atomic E-state index is 0.144. The number of hydrogen-bond acceptors (Lipinski definition) is 6. The quantitative estimate of drug-likeness (QED) is 0.724. The van der Waals surface area contributed by atoms with Crippen molar-refractivity contribution in [3.63, 3.8) is 0 Å². The third-order valence-electron chi connectivity index (χ3n) is 5.17. The first-order valence-corrected chi connectivity index (χ1v) is 10.8. The van der Waals surface area contributed by atoms with Gasteiger partial charge in [-0.2, -0.15) is 0 Å². The van der Waals surface area contributed by atoms with E-state index in [1.165, 1.54) is 23.1 Å². The van der Waals surface area contributed by atoms with Crippen LogP contribution < -0.4 is 5.56 Å². The Labute approximate surface area is 172 Å². The normalized spacial score (nSPS) is 17.8. The van der Waals surface area contributed by atoms with Crippen LogP contribution in [0.15, 0.2) is 46.2 Å². The number of hydrogen-bond donors (Lipinski definition) is 2. The lowest BCUT2D eigenvalue weighted by Crippen LogP contribution is -2.54. The van der Waals surface area contributed by atoms with Crippen LogP contribution in [0.25, 0.3) is 0 Å². The van der Waals surface area contributed by atoms with E-state index in [0.29, 0.717) is 23.5 Å². The predicted octanol–water partition coefficient (Wildman–Crippen LogP) is 1.50. The van der Waals surface area contributed by atoms with E-state index in [1.54, 1.807) is 0 Å². The highest BCUT2D eigenvalue weighted by atomic mass is 32.2. The van der Waals surface area contributed by atoms with Crippen molar-refractivity contribution >= 4 is 16.1 Å². The lowest BCUT2D eigenvalue weighted by Gasteiger charge is -2.39. The Morgan fingerprint density at radius 3 is 2.57 bits per heavy atom. The van der Waals surface area contributed by atoms with Crippen LogP contribution in [0, 0.1) is 5.82 Å². The number of carboxylic acid groups (broad SMARTS) is 1. The van der Waals surface area contributed by atoms with Gasteiger partial charge < -0.3 is 15.1 Å². The van der Waals surface area contributed by atoms with Gasteiger partial charge >= 0.3 is 11.7 Å². The van der Waals surface area contributed by atoms with Gasteiger partial charge in [0.15, 0.2) is 5.75 Å². The largest absolute Gasteiger partial charge is 0.503 e. The van der Waals surface area contributed by atoms with Crippen molar-refractivity contribution in [2.45, 2.75) is 30.8 Å². The van der Waals surface area contributed by atoms with Gasteiger partial charge in [0.05, 0.1) is 0 Å². The summed E-state index contributed by atoms with van der Waals surface area (Å²) in [6, 6.07) is 5.73. The second-order valence-corrected chi connectivity index (χ2v) is 8.78. The number of nitrogens with zero attached hydrogens (tertiary/aromatic N) is 3. The molecule has 9 nitrogen and oxygen atoms in total. The number of amides is 1. The first-order chi connectivity index (χ1) is 14.2. The number of aromatic hydroxyl groups is 1. The van der Waals surface area contributed by atoms with Crippen LogP contribution in [0.4, 0.5) is 9.18 Å². The average molecular weight is 439 g/mol. The fourth-order valence-corrected chi connectivity index (χ4v) is 4.83. The Kier molecular flexibility index (Phi) is 6.13. The number of benzene rings is 1. The van der Waals surface area contributed by atoms with Crippen molar-refractivity contribution in [3.8, 4) is 5.75 Å². The molecule has 162 valence electrons. The molecular weight excluding hydrogens is 417 g/mol. The molecule has 1 aliphatic heterocycles. The van der Waals surface area contributed by atoms with E-state index in [9.17, 15) is 32.6 Å². The smallest absolute Gasteiger partial charge is 0.407 e. The summed E-state index contributed by atoms with van der Waals surface area (Å²) in [4.78, 5) is 26.4. The van der Waals surface area contributed by atoms with Crippen molar-refractivity contribution in [1.82, 2.24) is 13.8 Å². The molecular formula is C19H22FN3O6S. The molecule has 30 heavy (non-hydrogen) atoms. The first-order valence-electron chi connectivity index (χ1n) is 9.32. The number of halogens is 1.